The minimum absolute atomic E-state index is 0.00317. The van der Waals surface area contributed by atoms with Gasteiger partial charge in [0.2, 0.25) is 5.91 Å². The normalized spacial score (nSPS) is 11.6. The van der Waals surface area contributed by atoms with Crippen molar-refractivity contribution < 1.29 is 9.59 Å². The van der Waals surface area contributed by atoms with Gasteiger partial charge in [0, 0.05) is 24.2 Å². The lowest BCUT2D eigenvalue weighted by molar-refractivity contribution is -0.121. The molecule has 0 spiro atoms. The summed E-state index contributed by atoms with van der Waals surface area (Å²) in [5.74, 6) is 0.0275. The molecule has 2 rings (SSSR count). The van der Waals surface area contributed by atoms with Crippen LogP contribution >= 0.6 is 0 Å². The molecule has 2 aromatic rings. The summed E-state index contributed by atoms with van der Waals surface area (Å²) in [5.41, 5.74) is 2.60. The predicted octanol–water partition coefficient (Wildman–Crippen LogP) is 3.57. The third kappa shape index (κ3) is 5.25. The van der Waals surface area contributed by atoms with Crippen molar-refractivity contribution in [1.29, 1.82) is 0 Å². The average molecular weight is 310 g/mol. The average Bonchev–Trinajstić information content (AvgIpc) is 2.56. The van der Waals surface area contributed by atoms with Crippen molar-refractivity contribution in [2.75, 3.05) is 11.9 Å². The van der Waals surface area contributed by atoms with E-state index in [0.717, 1.165) is 11.3 Å². The van der Waals surface area contributed by atoms with Crippen LogP contribution in [0.3, 0.4) is 0 Å². The standard InChI is InChI=1S/C19H22N2O2/c1-14(16-7-4-3-5-8-16)21-19(23)11-12-20-18-10-6-9-17(13-18)15(2)22/h3-10,13-14,20H,11-12H2,1-2H3,(H,21,23). The topological polar surface area (TPSA) is 58.2 Å². The van der Waals surface area contributed by atoms with Crippen LogP contribution in [0, 0.1) is 0 Å². The Labute approximate surface area is 136 Å². The fourth-order valence-corrected chi connectivity index (χ4v) is 2.31. The Balaban J connectivity index is 1.79. The van der Waals surface area contributed by atoms with Crippen molar-refractivity contribution >= 4 is 17.4 Å². The largest absolute Gasteiger partial charge is 0.385 e. The number of anilines is 1. The highest BCUT2D eigenvalue weighted by Gasteiger charge is 2.08. The molecule has 0 aromatic heterocycles. The van der Waals surface area contributed by atoms with Crippen molar-refractivity contribution in [3.8, 4) is 0 Å². The van der Waals surface area contributed by atoms with Gasteiger partial charge in [-0.05, 0) is 31.5 Å². The lowest BCUT2D eigenvalue weighted by Crippen LogP contribution is -2.28. The van der Waals surface area contributed by atoms with Crippen molar-refractivity contribution in [1.82, 2.24) is 5.32 Å². The van der Waals surface area contributed by atoms with Gasteiger partial charge < -0.3 is 10.6 Å². The molecule has 0 bridgehead atoms. The minimum atomic E-state index is -0.00950. The van der Waals surface area contributed by atoms with Crippen LogP contribution in [0.4, 0.5) is 5.69 Å². The highest BCUT2D eigenvalue weighted by Crippen LogP contribution is 2.12. The second-order valence-electron chi connectivity index (χ2n) is 5.51. The molecule has 1 unspecified atom stereocenters. The molecule has 4 nitrogen and oxygen atoms in total. The molecule has 0 aliphatic rings. The number of amides is 1. The molecule has 0 aliphatic heterocycles. The third-order valence-electron chi connectivity index (χ3n) is 3.63. The molecule has 0 saturated carbocycles. The van der Waals surface area contributed by atoms with E-state index in [2.05, 4.69) is 10.6 Å². The van der Waals surface area contributed by atoms with Crippen LogP contribution < -0.4 is 10.6 Å². The number of Topliss-reactive ketones (excluding diaryl/α,β-unsaturated/α-hetero) is 1. The molecule has 2 aromatic carbocycles. The van der Waals surface area contributed by atoms with E-state index in [1.165, 1.54) is 6.92 Å². The van der Waals surface area contributed by atoms with Gasteiger partial charge in [-0.15, -0.1) is 0 Å². The molecule has 0 radical (unpaired) electrons. The molecule has 0 heterocycles. The number of hydrogen-bond donors (Lipinski definition) is 2. The minimum Gasteiger partial charge on any atom is -0.385 e. The highest BCUT2D eigenvalue weighted by atomic mass is 16.1. The van der Waals surface area contributed by atoms with Gasteiger partial charge in [0.25, 0.3) is 0 Å². The molecular formula is C19H22N2O2. The van der Waals surface area contributed by atoms with Gasteiger partial charge in [-0.1, -0.05) is 42.5 Å². The van der Waals surface area contributed by atoms with Crippen LogP contribution in [0.15, 0.2) is 54.6 Å². The summed E-state index contributed by atoms with van der Waals surface area (Å²) >= 11 is 0. The van der Waals surface area contributed by atoms with Crippen molar-refractivity contribution in [3.05, 3.63) is 65.7 Å². The van der Waals surface area contributed by atoms with E-state index in [1.807, 2.05) is 49.4 Å². The van der Waals surface area contributed by atoms with Crippen molar-refractivity contribution in [2.24, 2.45) is 0 Å². The van der Waals surface area contributed by atoms with Gasteiger partial charge in [-0.2, -0.15) is 0 Å². The molecular weight excluding hydrogens is 288 g/mol. The number of carbonyl (C=O) groups is 2. The Hall–Kier alpha value is -2.62. The van der Waals surface area contributed by atoms with E-state index in [1.54, 1.807) is 12.1 Å². The summed E-state index contributed by atoms with van der Waals surface area (Å²) < 4.78 is 0. The van der Waals surface area contributed by atoms with Gasteiger partial charge in [-0.25, -0.2) is 0 Å². The zero-order valence-corrected chi connectivity index (χ0v) is 13.5. The molecule has 0 fully saturated rings. The van der Waals surface area contributed by atoms with E-state index in [9.17, 15) is 9.59 Å². The Morgan fingerprint density at radius 2 is 1.78 bits per heavy atom. The Morgan fingerprint density at radius 3 is 2.48 bits per heavy atom. The number of nitrogens with one attached hydrogen (secondary N) is 2. The molecule has 120 valence electrons. The maximum absolute atomic E-state index is 12.0. The van der Waals surface area contributed by atoms with Gasteiger partial charge >= 0.3 is 0 Å². The third-order valence-corrected chi connectivity index (χ3v) is 3.63. The van der Waals surface area contributed by atoms with E-state index < -0.39 is 0 Å². The molecule has 1 atom stereocenters. The summed E-state index contributed by atoms with van der Waals surface area (Å²) in [4.78, 5) is 23.3. The summed E-state index contributed by atoms with van der Waals surface area (Å²) in [5, 5.41) is 6.15. The van der Waals surface area contributed by atoms with Crippen molar-refractivity contribution in [3.63, 3.8) is 0 Å². The second kappa shape index (κ2) is 8.13. The number of benzene rings is 2. The van der Waals surface area contributed by atoms with E-state index in [0.29, 0.717) is 18.5 Å². The van der Waals surface area contributed by atoms with Crippen LogP contribution in [0.5, 0.6) is 0 Å². The highest BCUT2D eigenvalue weighted by molar-refractivity contribution is 5.94. The summed E-state index contributed by atoms with van der Waals surface area (Å²) in [7, 11) is 0. The fourth-order valence-electron chi connectivity index (χ4n) is 2.31. The van der Waals surface area contributed by atoms with Crippen LogP contribution in [-0.4, -0.2) is 18.2 Å². The molecule has 0 aliphatic carbocycles. The maximum Gasteiger partial charge on any atom is 0.222 e. The summed E-state index contributed by atoms with van der Waals surface area (Å²) in [6, 6.07) is 17.2. The molecule has 0 saturated heterocycles. The number of hydrogen-bond acceptors (Lipinski definition) is 3. The second-order valence-corrected chi connectivity index (χ2v) is 5.51. The Morgan fingerprint density at radius 1 is 1.04 bits per heavy atom. The zero-order valence-electron chi connectivity index (χ0n) is 13.5. The number of ketones is 1. The fraction of sp³-hybridized carbons (Fsp3) is 0.263. The van der Waals surface area contributed by atoms with Crippen LogP contribution in [0.25, 0.3) is 0 Å². The number of rotatable bonds is 7. The molecule has 4 heteroatoms. The van der Waals surface area contributed by atoms with E-state index >= 15 is 0 Å². The Kier molecular flexibility index (Phi) is 5.92. The smallest absolute Gasteiger partial charge is 0.222 e. The van der Waals surface area contributed by atoms with E-state index in [4.69, 9.17) is 0 Å². The Bertz CT molecular complexity index is 668. The molecule has 2 N–H and O–H groups in total. The van der Waals surface area contributed by atoms with Gasteiger partial charge in [-0.3, -0.25) is 9.59 Å². The van der Waals surface area contributed by atoms with Crippen LogP contribution in [0.1, 0.15) is 42.2 Å². The first-order chi connectivity index (χ1) is 11.1. The predicted molar refractivity (Wildman–Crippen MR) is 92.6 cm³/mol. The van der Waals surface area contributed by atoms with Gasteiger partial charge in [0.15, 0.2) is 5.78 Å². The monoisotopic (exact) mass is 310 g/mol. The zero-order chi connectivity index (χ0) is 16.7. The van der Waals surface area contributed by atoms with Crippen LogP contribution in [-0.2, 0) is 4.79 Å². The number of carbonyl (C=O) groups excluding carboxylic acids is 2. The van der Waals surface area contributed by atoms with Gasteiger partial charge in [0.05, 0.1) is 6.04 Å². The maximum atomic E-state index is 12.0. The lowest BCUT2D eigenvalue weighted by Gasteiger charge is -2.14. The van der Waals surface area contributed by atoms with Crippen LogP contribution in [0.2, 0.25) is 0 Å². The lowest BCUT2D eigenvalue weighted by atomic mass is 10.1. The molecule has 23 heavy (non-hydrogen) atoms. The van der Waals surface area contributed by atoms with E-state index in [-0.39, 0.29) is 17.7 Å². The van der Waals surface area contributed by atoms with Gasteiger partial charge in [0.1, 0.15) is 0 Å². The summed E-state index contributed by atoms with van der Waals surface area (Å²) in [6.45, 7) is 4.03. The first-order valence-corrected chi connectivity index (χ1v) is 7.75. The molecule has 1 amide bonds. The quantitative estimate of drug-likeness (QED) is 0.769. The SMILES string of the molecule is CC(=O)c1cccc(NCCC(=O)NC(C)c2ccccc2)c1. The van der Waals surface area contributed by atoms with Crippen molar-refractivity contribution in [2.45, 2.75) is 26.3 Å². The first-order valence-electron chi connectivity index (χ1n) is 7.75. The first kappa shape index (κ1) is 16.7. The summed E-state index contributed by atoms with van der Waals surface area (Å²) in [6.07, 6.45) is 0.376.